The number of carbonyl (C=O) groups is 1. The molecule has 0 aliphatic rings. The second-order valence-electron chi connectivity index (χ2n) is 4.36. The van der Waals surface area contributed by atoms with E-state index in [9.17, 15) is 4.79 Å². The van der Waals surface area contributed by atoms with Gasteiger partial charge >= 0.3 is 5.97 Å². The van der Waals surface area contributed by atoms with Crippen LogP contribution in [0.4, 0.5) is 5.82 Å². The van der Waals surface area contributed by atoms with Gasteiger partial charge in [0.25, 0.3) is 0 Å². The molecule has 2 heterocycles. The monoisotopic (exact) mass is 301 g/mol. The van der Waals surface area contributed by atoms with Gasteiger partial charge in [-0.25, -0.2) is 14.1 Å². The molecule has 0 unspecified atom stereocenters. The fraction of sp³-hybridized carbons (Fsp3) is 0.167. The molecule has 2 N–H and O–H groups in total. The number of aromatic nitrogens is 6. The van der Waals surface area contributed by atoms with E-state index >= 15 is 0 Å². The molecule has 0 radical (unpaired) electrons. The van der Waals surface area contributed by atoms with Crippen LogP contribution < -0.4 is 5.32 Å². The SMILES string of the molecule is O=C(O)c1nonc1NCn1nnnc1Cc1ccccc1. The Morgan fingerprint density at radius 3 is 2.86 bits per heavy atom. The summed E-state index contributed by atoms with van der Waals surface area (Å²) in [6.07, 6.45) is 0.554. The average Bonchev–Trinajstić information content (AvgIpc) is 3.15. The zero-order valence-corrected chi connectivity index (χ0v) is 11.2. The van der Waals surface area contributed by atoms with Gasteiger partial charge in [-0.05, 0) is 26.3 Å². The van der Waals surface area contributed by atoms with E-state index in [2.05, 4.69) is 35.8 Å². The molecule has 3 rings (SSSR count). The Labute approximate surface area is 123 Å². The predicted octanol–water partition coefficient (Wildman–Crippen LogP) is 0.415. The van der Waals surface area contributed by atoms with Crippen LogP contribution in [0.25, 0.3) is 0 Å². The van der Waals surface area contributed by atoms with E-state index in [4.69, 9.17) is 5.11 Å². The van der Waals surface area contributed by atoms with E-state index in [0.29, 0.717) is 12.2 Å². The summed E-state index contributed by atoms with van der Waals surface area (Å²) in [5, 5.41) is 29.9. The molecule has 0 bridgehead atoms. The molecule has 0 spiro atoms. The summed E-state index contributed by atoms with van der Waals surface area (Å²) in [6, 6.07) is 9.73. The second-order valence-corrected chi connectivity index (χ2v) is 4.36. The molecule has 10 nitrogen and oxygen atoms in total. The quantitative estimate of drug-likeness (QED) is 0.664. The van der Waals surface area contributed by atoms with Crippen molar-refractivity contribution in [2.24, 2.45) is 0 Å². The number of hydrogen-bond acceptors (Lipinski definition) is 8. The van der Waals surface area contributed by atoms with E-state index in [0.717, 1.165) is 5.56 Å². The van der Waals surface area contributed by atoms with Crippen LogP contribution in [0.3, 0.4) is 0 Å². The third-order valence-corrected chi connectivity index (χ3v) is 2.90. The van der Waals surface area contributed by atoms with Crippen molar-refractivity contribution in [1.29, 1.82) is 0 Å². The first-order valence-electron chi connectivity index (χ1n) is 6.32. The third kappa shape index (κ3) is 2.90. The summed E-state index contributed by atoms with van der Waals surface area (Å²) in [6.45, 7) is 0.143. The molecule has 0 aliphatic carbocycles. The molecule has 10 heteroatoms. The van der Waals surface area contributed by atoms with Crippen molar-refractivity contribution in [3.63, 3.8) is 0 Å². The average molecular weight is 301 g/mol. The van der Waals surface area contributed by atoms with Crippen LogP contribution in [0.1, 0.15) is 21.9 Å². The smallest absolute Gasteiger partial charge is 0.362 e. The van der Waals surface area contributed by atoms with Gasteiger partial charge in [0.2, 0.25) is 11.5 Å². The van der Waals surface area contributed by atoms with Gasteiger partial charge in [0.15, 0.2) is 5.82 Å². The summed E-state index contributed by atoms with van der Waals surface area (Å²) in [7, 11) is 0. The lowest BCUT2D eigenvalue weighted by Gasteiger charge is -2.05. The number of benzene rings is 1. The van der Waals surface area contributed by atoms with Gasteiger partial charge < -0.3 is 10.4 Å². The number of nitrogens with zero attached hydrogens (tertiary/aromatic N) is 6. The highest BCUT2D eigenvalue weighted by molar-refractivity contribution is 5.90. The number of carboxylic acids is 1. The standard InChI is InChI=1S/C12H11N7O3/c20-12(21)10-11(16-22-15-10)13-7-19-9(14-17-18-19)6-8-4-2-1-3-5-8/h1-5H,6-7H2,(H,13,16)(H,20,21). The van der Waals surface area contributed by atoms with Crippen LogP contribution in [0, 0.1) is 0 Å². The first kappa shape index (κ1) is 13.7. The Hall–Kier alpha value is -3.30. The van der Waals surface area contributed by atoms with E-state index in [-0.39, 0.29) is 18.2 Å². The number of nitrogens with one attached hydrogen (secondary N) is 1. The van der Waals surface area contributed by atoms with Crippen molar-refractivity contribution < 1.29 is 14.5 Å². The van der Waals surface area contributed by atoms with Gasteiger partial charge in [0.1, 0.15) is 6.67 Å². The number of tetrazole rings is 1. The molecule has 0 fully saturated rings. The van der Waals surface area contributed by atoms with Crippen LogP contribution in [0.5, 0.6) is 0 Å². The first-order chi connectivity index (χ1) is 10.7. The van der Waals surface area contributed by atoms with Crippen molar-refractivity contribution in [3.05, 3.63) is 47.4 Å². The van der Waals surface area contributed by atoms with Gasteiger partial charge in [0, 0.05) is 6.42 Å². The molecule has 112 valence electrons. The van der Waals surface area contributed by atoms with Crippen molar-refractivity contribution in [2.75, 3.05) is 5.32 Å². The zero-order chi connectivity index (χ0) is 15.4. The number of hydrogen-bond donors (Lipinski definition) is 2. The lowest BCUT2D eigenvalue weighted by Crippen LogP contribution is -2.15. The van der Waals surface area contributed by atoms with Crippen molar-refractivity contribution in [1.82, 2.24) is 30.5 Å². The number of rotatable bonds is 6. The van der Waals surface area contributed by atoms with Gasteiger partial charge in [-0.2, -0.15) is 0 Å². The maximum absolute atomic E-state index is 10.9. The van der Waals surface area contributed by atoms with Gasteiger partial charge in [0.05, 0.1) is 0 Å². The highest BCUT2D eigenvalue weighted by Crippen LogP contribution is 2.10. The Kier molecular flexibility index (Phi) is 3.72. The maximum atomic E-state index is 10.9. The lowest BCUT2D eigenvalue weighted by molar-refractivity contribution is 0.0685. The van der Waals surface area contributed by atoms with Crippen molar-refractivity contribution in [3.8, 4) is 0 Å². The molecule has 3 aromatic rings. The summed E-state index contributed by atoms with van der Waals surface area (Å²) in [5.74, 6) is -0.578. The lowest BCUT2D eigenvalue weighted by atomic mass is 10.1. The number of anilines is 1. The van der Waals surface area contributed by atoms with Crippen molar-refractivity contribution >= 4 is 11.8 Å². The van der Waals surface area contributed by atoms with Gasteiger partial charge in [-0.15, -0.1) is 5.10 Å². The second kappa shape index (κ2) is 5.99. The van der Waals surface area contributed by atoms with E-state index < -0.39 is 5.97 Å². The minimum absolute atomic E-state index is 0.0219. The van der Waals surface area contributed by atoms with Crippen LogP contribution in [0.15, 0.2) is 35.0 Å². The normalized spacial score (nSPS) is 10.5. The Morgan fingerprint density at radius 2 is 2.09 bits per heavy atom. The van der Waals surface area contributed by atoms with E-state index in [1.807, 2.05) is 30.3 Å². The fourth-order valence-corrected chi connectivity index (χ4v) is 1.85. The molecule has 1 aromatic carbocycles. The van der Waals surface area contributed by atoms with Gasteiger partial charge in [-0.1, -0.05) is 30.3 Å². The first-order valence-corrected chi connectivity index (χ1v) is 6.32. The molecule has 22 heavy (non-hydrogen) atoms. The molecule has 0 atom stereocenters. The largest absolute Gasteiger partial charge is 0.476 e. The molecule has 2 aromatic heterocycles. The van der Waals surface area contributed by atoms with Crippen LogP contribution >= 0.6 is 0 Å². The van der Waals surface area contributed by atoms with Crippen LogP contribution in [0.2, 0.25) is 0 Å². The molecule has 0 saturated carbocycles. The van der Waals surface area contributed by atoms with E-state index in [1.54, 1.807) is 0 Å². The van der Waals surface area contributed by atoms with Crippen LogP contribution in [-0.4, -0.2) is 41.6 Å². The summed E-state index contributed by atoms with van der Waals surface area (Å²) < 4.78 is 5.91. The maximum Gasteiger partial charge on any atom is 0.362 e. The van der Waals surface area contributed by atoms with Crippen molar-refractivity contribution in [2.45, 2.75) is 13.1 Å². The topological polar surface area (TPSA) is 132 Å². The Morgan fingerprint density at radius 1 is 1.27 bits per heavy atom. The number of carboxylic acid groups (broad SMARTS) is 1. The van der Waals surface area contributed by atoms with E-state index in [1.165, 1.54) is 4.68 Å². The summed E-state index contributed by atoms with van der Waals surface area (Å²) >= 11 is 0. The highest BCUT2D eigenvalue weighted by atomic mass is 16.6. The molecule has 0 aliphatic heterocycles. The number of aromatic carboxylic acids is 1. The third-order valence-electron chi connectivity index (χ3n) is 2.90. The summed E-state index contributed by atoms with van der Waals surface area (Å²) in [4.78, 5) is 10.9. The minimum Gasteiger partial charge on any atom is -0.476 e. The van der Waals surface area contributed by atoms with Crippen LogP contribution in [-0.2, 0) is 13.1 Å². The summed E-state index contributed by atoms with van der Waals surface area (Å²) in [5.41, 5.74) is 0.769. The Bertz CT molecular complexity index is 768. The minimum atomic E-state index is -1.23. The molecule has 0 amide bonds. The fourth-order valence-electron chi connectivity index (χ4n) is 1.85. The Balaban J connectivity index is 1.70. The molecular weight excluding hydrogens is 290 g/mol. The zero-order valence-electron chi connectivity index (χ0n) is 11.2. The predicted molar refractivity (Wildman–Crippen MR) is 71.9 cm³/mol. The van der Waals surface area contributed by atoms with Gasteiger partial charge in [-0.3, -0.25) is 0 Å². The molecular formula is C12H11N7O3. The molecule has 0 saturated heterocycles. The highest BCUT2D eigenvalue weighted by Gasteiger charge is 2.17.